The van der Waals surface area contributed by atoms with Gasteiger partial charge in [-0.3, -0.25) is 0 Å². The molecule has 216 valence electrons. The third-order valence-electron chi connectivity index (χ3n) is 7.59. The van der Waals surface area contributed by atoms with Crippen molar-refractivity contribution in [3.05, 3.63) is 72.1 Å². The first kappa shape index (κ1) is 30.1. The second-order valence-corrected chi connectivity index (χ2v) is 17.0. The number of anilines is 3. The highest BCUT2D eigenvalue weighted by Crippen LogP contribution is 2.39. The summed E-state index contributed by atoms with van der Waals surface area (Å²) >= 11 is 0. The molecule has 1 aliphatic rings. The minimum absolute atomic E-state index is 0.167. The van der Waals surface area contributed by atoms with E-state index >= 15 is 0 Å². The lowest BCUT2D eigenvalue weighted by Gasteiger charge is -2.37. The van der Waals surface area contributed by atoms with E-state index in [9.17, 15) is 0 Å². The fraction of sp³-hybridized carbons (Fsp3) is 0.515. The molecule has 4 rings (SSSR count). The van der Waals surface area contributed by atoms with Crippen LogP contribution < -0.4 is 15.0 Å². The number of nitrogens with zero attached hydrogens (tertiary/aromatic N) is 3. The predicted molar refractivity (Wildman–Crippen MR) is 170 cm³/mol. The summed E-state index contributed by atoms with van der Waals surface area (Å²) in [4.78, 5) is 11.3. The quantitative estimate of drug-likeness (QED) is 0.224. The van der Waals surface area contributed by atoms with E-state index in [1.54, 1.807) is 12.4 Å². The molecule has 0 radical (unpaired) electrons. The lowest BCUT2D eigenvalue weighted by atomic mass is 9.85. The summed E-state index contributed by atoms with van der Waals surface area (Å²) in [6.45, 7) is 18.1. The Morgan fingerprint density at radius 2 is 1.68 bits per heavy atom. The van der Waals surface area contributed by atoms with Crippen LogP contribution in [-0.4, -0.2) is 43.6 Å². The van der Waals surface area contributed by atoms with Crippen LogP contribution in [0.25, 0.3) is 0 Å². The lowest BCUT2D eigenvalue weighted by Crippen LogP contribution is -2.39. The number of aromatic nitrogens is 2. The van der Waals surface area contributed by atoms with Gasteiger partial charge in [-0.25, -0.2) is 9.97 Å². The van der Waals surface area contributed by atoms with Crippen molar-refractivity contribution in [3.63, 3.8) is 0 Å². The van der Waals surface area contributed by atoms with Gasteiger partial charge in [0, 0.05) is 13.1 Å². The van der Waals surface area contributed by atoms with Crippen LogP contribution in [-0.2, 0) is 4.43 Å². The molecular formula is C33H48N4O2Si. The SMILES string of the molecule is CCOc1ncc(Nc2cc(C(CC)CC(C)(C)O[Si](C)(C)C)ccc2N2CCC(c3ccccc3)CC2)cn1. The fourth-order valence-corrected chi connectivity index (χ4v) is 7.81. The van der Waals surface area contributed by atoms with Crippen LogP contribution in [0.3, 0.4) is 0 Å². The van der Waals surface area contributed by atoms with E-state index in [4.69, 9.17) is 9.16 Å². The molecule has 1 N–H and O–H groups in total. The minimum atomic E-state index is -1.65. The number of hydrogen-bond donors (Lipinski definition) is 1. The van der Waals surface area contributed by atoms with Gasteiger partial charge in [0.15, 0.2) is 8.32 Å². The summed E-state index contributed by atoms with van der Waals surface area (Å²) in [5.74, 6) is 1.02. The Labute approximate surface area is 242 Å². The Bertz CT molecular complexity index is 1200. The molecule has 1 atom stereocenters. The van der Waals surface area contributed by atoms with E-state index < -0.39 is 8.32 Å². The summed E-state index contributed by atoms with van der Waals surface area (Å²) in [6, 6.07) is 18.3. The molecule has 0 amide bonds. The average molecular weight is 561 g/mol. The first-order valence-electron chi connectivity index (χ1n) is 14.9. The van der Waals surface area contributed by atoms with Crippen LogP contribution in [0.15, 0.2) is 60.9 Å². The molecule has 0 aliphatic carbocycles. The average Bonchev–Trinajstić information content (AvgIpc) is 2.92. The van der Waals surface area contributed by atoms with E-state index in [1.807, 2.05) is 6.92 Å². The normalized spacial score (nSPS) is 15.6. The zero-order valence-corrected chi connectivity index (χ0v) is 26.5. The predicted octanol–water partition coefficient (Wildman–Crippen LogP) is 8.52. The molecular weight excluding hydrogens is 512 g/mol. The molecule has 0 saturated carbocycles. The molecule has 2 aromatic carbocycles. The Morgan fingerprint density at radius 1 is 1.00 bits per heavy atom. The van der Waals surface area contributed by atoms with E-state index in [1.165, 1.54) is 16.8 Å². The molecule has 0 spiro atoms. The van der Waals surface area contributed by atoms with Crippen LogP contribution in [0.4, 0.5) is 17.1 Å². The molecule has 1 aliphatic heterocycles. The van der Waals surface area contributed by atoms with Crippen molar-refractivity contribution in [2.24, 2.45) is 0 Å². The summed E-state index contributed by atoms with van der Waals surface area (Å²) in [6.07, 6.45) is 7.96. The topological polar surface area (TPSA) is 59.5 Å². The molecule has 2 heterocycles. The third-order valence-corrected chi connectivity index (χ3v) is 8.76. The highest BCUT2D eigenvalue weighted by Gasteiger charge is 2.30. The van der Waals surface area contributed by atoms with Gasteiger partial charge in [0.1, 0.15) is 0 Å². The summed E-state index contributed by atoms with van der Waals surface area (Å²) < 4.78 is 12.0. The Balaban J connectivity index is 1.59. The molecule has 40 heavy (non-hydrogen) atoms. The number of hydrogen-bond acceptors (Lipinski definition) is 6. The molecule has 1 aromatic heterocycles. The number of rotatable bonds is 12. The van der Waals surface area contributed by atoms with Crippen molar-refractivity contribution in [1.29, 1.82) is 0 Å². The zero-order chi connectivity index (χ0) is 28.8. The first-order valence-corrected chi connectivity index (χ1v) is 18.3. The van der Waals surface area contributed by atoms with Crippen molar-refractivity contribution in [2.75, 3.05) is 29.9 Å². The maximum absolute atomic E-state index is 6.59. The third kappa shape index (κ3) is 8.30. The smallest absolute Gasteiger partial charge is 0.316 e. The van der Waals surface area contributed by atoms with Crippen molar-refractivity contribution < 1.29 is 9.16 Å². The van der Waals surface area contributed by atoms with Gasteiger partial charge in [-0.1, -0.05) is 43.3 Å². The van der Waals surface area contributed by atoms with Crippen LogP contribution >= 0.6 is 0 Å². The van der Waals surface area contributed by atoms with E-state index in [0.29, 0.717) is 24.5 Å². The Hall–Kier alpha value is -2.90. The van der Waals surface area contributed by atoms with Crippen molar-refractivity contribution in [3.8, 4) is 6.01 Å². The molecule has 1 fully saturated rings. The number of piperidine rings is 1. The fourth-order valence-electron chi connectivity index (χ4n) is 6.06. The second-order valence-electron chi connectivity index (χ2n) is 12.5. The van der Waals surface area contributed by atoms with Crippen LogP contribution in [0.2, 0.25) is 19.6 Å². The van der Waals surface area contributed by atoms with Gasteiger partial charge in [0.25, 0.3) is 0 Å². The molecule has 6 nitrogen and oxygen atoms in total. The molecule has 0 bridgehead atoms. The standard InChI is InChI=1S/C33H48N4O2Si/c1-8-25(22-33(3,4)39-40(5,6)7)28-15-16-31(30(21-28)36-29-23-34-32(35-24-29)38-9-2)37-19-17-27(18-20-37)26-13-11-10-12-14-26/h10-16,21,23-25,27,36H,8-9,17-20,22H2,1-7H3. The van der Waals surface area contributed by atoms with Crippen LogP contribution in [0.5, 0.6) is 6.01 Å². The van der Waals surface area contributed by atoms with E-state index in [2.05, 4.69) is 109 Å². The van der Waals surface area contributed by atoms with E-state index in [-0.39, 0.29) is 5.60 Å². The summed E-state index contributed by atoms with van der Waals surface area (Å²) in [5.41, 5.74) is 5.82. The summed E-state index contributed by atoms with van der Waals surface area (Å²) in [7, 11) is -1.65. The lowest BCUT2D eigenvalue weighted by molar-refractivity contribution is 0.0821. The van der Waals surface area contributed by atoms with Gasteiger partial charge in [0.2, 0.25) is 0 Å². The van der Waals surface area contributed by atoms with Gasteiger partial charge < -0.3 is 19.4 Å². The van der Waals surface area contributed by atoms with Gasteiger partial charge in [-0.05, 0) is 101 Å². The number of benzene rings is 2. The molecule has 1 saturated heterocycles. The Morgan fingerprint density at radius 3 is 2.27 bits per heavy atom. The Kier molecular flexibility index (Phi) is 9.90. The van der Waals surface area contributed by atoms with Gasteiger partial charge in [-0.2, -0.15) is 0 Å². The largest absolute Gasteiger partial charge is 0.464 e. The van der Waals surface area contributed by atoms with E-state index in [0.717, 1.165) is 50.1 Å². The highest BCUT2D eigenvalue weighted by molar-refractivity contribution is 6.69. The van der Waals surface area contributed by atoms with Crippen molar-refractivity contribution in [2.45, 2.75) is 90.5 Å². The minimum Gasteiger partial charge on any atom is -0.464 e. The van der Waals surface area contributed by atoms with Gasteiger partial charge in [0.05, 0.1) is 41.7 Å². The molecule has 3 aromatic rings. The zero-order valence-electron chi connectivity index (χ0n) is 25.5. The second kappa shape index (κ2) is 13.2. The van der Waals surface area contributed by atoms with Crippen molar-refractivity contribution >= 4 is 25.4 Å². The van der Waals surface area contributed by atoms with Crippen molar-refractivity contribution in [1.82, 2.24) is 9.97 Å². The maximum Gasteiger partial charge on any atom is 0.316 e. The highest BCUT2D eigenvalue weighted by atomic mass is 28.4. The maximum atomic E-state index is 6.59. The number of ether oxygens (including phenoxy) is 1. The monoisotopic (exact) mass is 560 g/mol. The molecule has 1 unspecified atom stereocenters. The molecule has 7 heteroatoms. The van der Waals surface area contributed by atoms with Crippen LogP contribution in [0.1, 0.15) is 76.3 Å². The van der Waals surface area contributed by atoms with Gasteiger partial charge in [-0.15, -0.1) is 0 Å². The van der Waals surface area contributed by atoms with Gasteiger partial charge >= 0.3 is 6.01 Å². The number of nitrogens with one attached hydrogen (secondary N) is 1. The van der Waals surface area contributed by atoms with Crippen LogP contribution in [0, 0.1) is 0 Å². The first-order chi connectivity index (χ1) is 19.1. The summed E-state index contributed by atoms with van der Waals surface area (Å²) in [5, 5.41) is 3.66.